The van der Waals surface area contributed by atoms with Gasteiger partial charge in [0.05, 0.1) is 6.10 Å². The number of carbonyl (C=O) groups excluding carboxylic acids is 1. The summed E-state index contributed by atoms with van der Waals surface area (Å²) in [6.45, 7) is 0. The molecule has 0 aromatic heterocycles. The monoisotopic (exact) mass is 168 g/mol. The number of aliphatic hydroxyl groups excluding tert-OH is 1. The van der Waals surface area contributed by atoms with E-state index in [1.165, 1.54) is 0 Å². The van der Waals surface area contributed by atoms with Crippen LogP contribution in [-0.4, -0.2) is 17.5 Å². The van der Waals surface area contributed by atoms with Crippen LogP contribution >= 0.6 is 0 Å². The maximum atomic E-state index is 11.0. The third kappa shape index (κ3) is 1.01. The zero-order valence-electron chi connectivity index (χ0n) is 7.33. The van der Waals surface area contributed by atoms with Gasteiger partial charge >= 0.3 is 0 Å². The van der Waals surface area contributed by atoms with Crippen LogP contribution in [0.4, 0.5) is 0 Å². The maximum absolute atomic E-state index is 11.0. The molecule has 2 fully saturated rings. The first-order valence-electron chi connectivity index (χ1n) is 4.93. The summed E-state index contributed by atoms with van der Waals surface area (Å²) in [7, 11) is 0. The second-order valence-electron chi connectivity index (χ2n) is 4.31. The highest BCUT2D eigenvalue weighted by Crippen LogP contribution is 2.50. The molecule has 2 nitrogen and oxygen atoms in total. The lowest BCUT2D eigenvalue weighted by Gasteiger charge is -2.38. The van der Waals surface area contributed by atoms with Crippen molar-refractivity contribution in [1.29, 1.82) is 0 Å². The Kier molecular flexibility index (Phi) is 1.95. The van der Waals surface area contributed by atoms with Crippen molar-refractivity contribution in [2.24, 2.45) is 11.3 Å². The Bertz CT molecular complexity index is 190. The summed E-state index contributed by atoms with van der Waals surface area (Å²) in [6.07, 6.45) is 7.05. The first-order valence-corrected chi connectivity index (χ1v) is 4.93. The average molecular weight is 168 g/mol. The molecule has 3 atom stereocenters. The Morgan fingerprint density at radius 1 is 1.25 bits per heavy atom. The lowest BCUT2D eigenvalue weighted by atomic mass is 9.68. The molecule has 0 amide bonds. The number of rotatable bonds is 1. The van der Waals surface area contributed by atoms with Gasteiger partial charge in [0, 0.05) is 5.41 Å². The zero-order chi connectivity index (χ0) is 8.60. The van der Waals surface area contributed by atoms with Crippen LogP contribution < -0.4 is 0 Å². The predicted molar refractivity (Wildman–Crippen MR) is 45.7 cm³/mol. The van der Waals surface area contributed by atoms with Crippen LogP contribution in [0.1, 0.15) is 38.5 Å². The minimum absolute atomic E-state index is 0.127. The van der Waals surface area contributed by atoms with Crippen LogP contribution in [-0.2, 0) is 4.79 Å². The Hall–Kier alpha value is -0.370. The van der Waals surface area contributed by atoms with E-state index in [0.29, 0.717) is 0 Å². The van der Waals surface area contributed by atoms with E-state index in [9.17, 15) is 9.90 Å². The summed E-state index contributed by atoms with van der Waals surface area (Å²) in [6, 6.07) is 0. The van der Waals surface area contributed by atoms with Crippen LogP contribution in [0.15, 0.2) is 0 Å². The van der Waals surface area contributed by atoms with Crippen LogP contribution in [0, 0.1) is 11.3 Å². The molecule has 0 saturated heterocycles. The predicted octanol–water partition coefficient (Wildman–Crippen LogP) is 1.52. The number of carbonyl (C=O) groups is 1. The molecule has 2 saturated carbocycles. The fourth-order valence-electron chi connectivity index (χ4n) is 3.06. The fourth-order valence-corrected chi connectivity index (χ4v) is 3.06. The fraction of sp³-hybridized carbons (Fsp3) is 0.900. The summed E-state index contributed by atoms with van der Waals surface area (Å²) in [5, 5.41) is 9.72. The second kappa shape index (κ2) is 2.84. The Morgan fingerprint density at radius 2 is 1.92 bits per heavy atom. The van der Waals surface area contributed by atoms with E-state index < -0.39 is 0 Å². The summed E-state index contributed by atoms with van der Waals surface area (Å²) in [5.74, 6) is 0.281. The van der Waals surface area contributed by atoms with Crippen LogP contribution in [0.3, 0.4) is 0 Å². The molecule has 2 aliphatic rings. The number of fused-ring (bicyclic) bond motifs is 1. The van der Waals surface area contributed by atoms with Crippen molar-refractivity contribution < 1.29 is 9.90 Å². The van der Waals surface area contributed by atoms with Crippen LogP contribution in [0.25, 0.3) is 0 Å². The average Bonchev–Trinajstić information content (AvgIpc) is 2.50. The minimum Gasteiger partial charge on any atom is -0.393 e. The van der Waals surface area contributed by atoms with Crippen molar-refractivity contribution >= 4 is 6.29 Å². The Labute approximate surface area is 73.0 Å². The van der Waals surface area contributed by atoms with Crippen molar-refractivity contribution in [3.8, 4) is 0 Å². The van der Waals surface area contributed by atoms with Crippen molar-refractivity contribution in [2.45, 2.75) is 44.6 Å². The first-order chi connectivity index (χ1) is 5.78. The van der Waals surface area contributed by atoms with E-state index in [2.05, 4.69) is 0 Å². The molecule has 0 spiro atoms. The second-order valence-corrected chi connectivity index (χ2v) is 4.31. The molecule has 0 aliphatic heterocycles. The number of aldehydes is 1. The Morgan fingerprint density at radius 3 is 2.50 bits per heavy atom. The van der Waals surface area contributed by atoms with Gasteiger partial charge in [-0.15, -0.1) is 0 Å². The number of hydrogen-bond donors (Lipinski definition) is 1. The summed E-state index contributed by atoms with van der Waals surface area (Å²) < 4.78 is 0. The highest BCUT2D eigenvalue weighted by molar-refractivity contribution is 5.61. The lowest BCUT2D eigenvalue weighted by molar-refractivity contribution is -0.123. The minimum atomic E-state index is -0.202. The van der Waals surface area contributed by atoms with Gasteiger partial charge in [0.2, 0.25) is 0 Å². The van der Waals surface area contributed by atoms with Crippen LogP contribution in [0.5, 0.6) is 0 Å². The molecule has 1 N–H and O–H groups in total. The van der Waals surface area contributed by atoms with E-state index in [-0.39, 0.29) is 17.4 Å². The topological polar surface area (TPSA) is 37.3 Å². The molecule has 12 heavy (non-hydrogen) atoms. The summed E-state index contributed by atoms with van der Waals surface area (Å²) >= 11 is 0. The standard InChI is InChI=1S/C10H16O2/c11-7-10-5-1-3-8(10)9(12)4-2-6-10/h7-9,12H,1-6H2/t8-,9+,10-/m0/s1. The van der Waals surface area contributed by atoms with E-state index >= 15 is 0 Å². The quantitative estimate of drug-likeness (QED) is 0.603. The first kappa shape index (κ1) is 8.24. The molecular formula is C10H16O2. The van der Waals surface area contributed by atoms with Gasteiger partial charge in [-0.1, -0.05) is 6.42 Å². The van der Waals surface area contributed by atoms with Gasteiger partial charge in [0.25, 0.3) is 0 Å². The molecule has 2 rings (SSSR count). The van der Waals surface area contributed by atoms with Crippen LogP contribution in [0.2, 0.25) is 0 Å². The van der Waals surface area contributed by atoms with Gasteiger partial charge in [-0.05, 0) is 38.0 Å². The van der Waals surface area contributed by atoms with Gasteiger partial charge in [0.15, 0.2) is 0 Å². The van der Waals surface area contributed by atoms with Gasteiger partial charge in [-0.25, -0.2) is 0 Å². The van der Waals surface area contributed by atoms with E-state index in [1.807, 2.05) is 0 Å². The third-order valence-corrected chi connectivity index (χ3v) is 3.74. The number of hydrogen-bond acceptors (Lipinski definition) is 2. The number of aliphatic hydroxyl groups is 1. The molecule has 2 aliphatic carbocycles. The molecule has 0 heterocycles. The normalized spacial score (nSPS) is 47.1. The van der Waals surface area contributed by atoms with Crippen molar-refractivity contribution in [3.05, 3.63) is 0 Å². The highest BCUT2D eigenvalue weighted by Gasteiger charge is 2.47. The van der Waals surface area contributed by atoms with E-state index in [0.717, 1.165) is 44.8 Å². The zero-order valence-corrected chi connectivity index (χ0v) is 7.33. The molecular weight excluding hydrogens is 152 g/mol. The van der Waals surface area contributed by atoms with Gasteiger partial charge in [-0.2, -0.15) is 0 Å². The van der Waals surface area contributed by atoms with Crippen molar-refractivity contribution in [1.82, 2.24) is 0 Å². The molecule has 68 valence electrons. The molecule has 0 aromatic carbocycles. The van der Waals surface area contributed by atoms with Gasteiger partial charge in [-0.3, -0.25) is 0 Å². The SMILES string of the molecule is O=C[C@]12CCC[C@@H](O)[C@@H]1CCC2. The molecule has 0 aromatic rings. The highest BCUT2D eigenvalue weighted by atomic mass is 16.3. The van der Waals surface area contributed by atoms with Crippen molar-refractivity contribution in [2.75, 3.05) is 0 Å². The molecule has 0 unspecified atom stereocenters. The third-order valence-electron chi connectivity index (χ3n) is 3.74. The Balaban J connectivity index is 2.22. The maximum Gasteiger partial charge on any atom is 0.126 e. The lowest BCUT2D eigenvalue weighted by Crippen LogP contribution is -2.39. The summed E-state index contributed by atoms with van der Waals surface area (Å²) in [5.41, 5.74) is -0.127. The van der Waals surface area contributed by atoms with Gasteiger partial charge in [0.1, 0.15) is 6.29 Å². The molecule has 0 radical (unpaired) electrons. The van der Waals surface area contributed by atoms with Crippen molar-refractivity contribution in [3.63, 3.8) is 0 Å². The smallest absolute Gasteiger partial charge is 0.126 e. The van der Waals surface area contributed by atoms with Gasteiger partial charge < -0.3 is 9.90 Å². The summed E-state index contributed by atoms with van der Waals surface area (Å²) in [4.78, 5) is 11.0. The van der Waals surface area contributed by atoms with E-state index in [4.69, 9.17) is 0 Å². The largest absolute Gasteiger partial charge is 0.393 e. The molecule has 2 heteroatoms. The van der Waals surface area contributed by atoms with E-state index in [1.54, 1.807) is 0 Å². The molecule has 0 bridgehead atoms.